The second-order valence-electron chi connectivity index (χ2n) is 5.35. The summed E-state index contributed by atoms with van der Waals surface area (Å²) in [5.74, 6) is -1.27. The van der Waals surface area contributed by atoms with Crippen molar-refractivity contribution in [3.8, 4) is 0 Å². The molecule has 0 heterocycles. The Morgan fingerprint density at radius 1 is 1.10 bits per heavy atom. The lowest BCUT2D eigenvalue weighted by Crippen LogP contribution is -2.35. The van der Waals surface area contributed by atoms with Gasteiger partial charge in [-0.2, -0.15) is 0 Å². The lowest BCUT2D eigenvalue weighted by Gasteiger charge is -2.26. The summed E-state index contributed by atoms with van der Waals surface area (Å²) in [5, 5.41) is 0.610. The van der Waals surface area contributed by atoms with Crippen molar-refractivity contribution in [3.63, 3.8) is 0 Å². The molecule has 106 valence electrons. The Morgan fingerprint density at radius 3 is 2.25 bits per heavy atom. The van der Waals surface area contributed by atoms with Crippen molar-refractivity contribution in [3.05, 3.63) is 69.7 Å². The third-order valence-corrected chi connectivity index (χ3v) is 3.64. The second kappa shape index (κ2) is 5.51. The van der Waals surface area contributed by atoms with E-state index in [4.69, 9.17) is 17.3 Å². The quantitative estimate of drug-likeness (QED) is 0.895. The standard InChI is InChI=1S/C16H16ClF2N/c1-10-3-4-11(15(17)5-10)9-16(2,20)12-6-13(18)8-14(19)7-12/h3-8H,9,20H2,1-2H3. The van der Waals surface area contributed by atoms with Gasteiger partial charge in [0.15, 0.2) is 0 Å². The summed E-state index contributed by atoms with van der Waals surface area (Å²) in [6.45, 7) is 3.68. The normalized spacial score (nSPS) is 14.1. The van der Waals surface area contributed by atoms with Gasteiger partial charge in [0.05, 0.1) is 0 Å². The number of hydrogen-bond donors (Lipinski definition) is 1. The van der Waals surface area contributed by atoms with Crippen LogP contribution in [0.4, 0.5) is 8.78 Å². The van der Waals surface area contributed by atoms with Crippen molar-refractivity contribution in [1.29, 1.82) is 0 Å². The minimum absolute atomic E-state index is 0.398. The average Bonchev–Trinajstić information content (AvgIpc) is 2.31. The molecule has 0 fully saturated rings. The molecule has 2 N–H and O–H groups in total. The molecule has 2 aromatic carbocycles. The number of nitrogens with two attached hydrogens (primary N) is 1. The molecule has 2 rings (SSSR count). The zero-order chi connectivity index (χ0) is 14.9. The third kappa shape index (κ3) is 3.35. The van der Waals surface area contributed by atoms with E-state index in [2.05, 4.69) is 0 Å². The van der Waals surface area contributed by atoms with Crippen LogP contribution in [0.2, 0.25) is 5.02 Å². The van der Waals surface area contributed by atoms with Crippen molar-refractivity contribution in [2.45, 2.75) is 25.8 Å². The maximum absolute atomic E-state index is 13.3. The van der Waals surface area contributed by atoms with E-state index < -0.39 is 17.2 Å². The first-order valence-electron chi connectivity index (χ1n) is 6.28. The smallest absolute Gasteiger partial charge is 0.126 e. The average molecular weight is 296 g/mol. The van der Waals surface area contributed by atoms with Crippen LogP contribution < -0.4 is 5.73 Å². The second-order valence-corrected chi connectivity index (χ2v) is 5.75. The Bertz CT molecular complexity index is 618. The van der Waals surface area contributed by atoms with Crippen LogP contribution in [0.3, 0.4) is 0 Å². The summed E-state index contributed by atoms with van der Waals surface area (Å²) >= 11 is 6.18. The van der Waals surface area contributed by atoms with E-state index >= 15 is 0 Å². The summed E-state index contributed by atoms with van der Waals surface area (Å²) in [4.78, 5) is 0. The summed E-state index contributed by atoms with van der Waals surface area (Å²) in [7, 11) is 0. The Labute approximate surface area is 122 Å². The first kappa shape index (κ1) is 14.9. The fraction of sp³-hybridized carbons (Fsp3) is 0.250. The van der Waals surface area contributed by atoms with Crippen molar-refractivity contribution < 1.29 is 8.78 Å². The first-order chi connectivity index (χ1) is 9.28. The molecule has 0 spiro atoms. The molecule has 0 amide bonds. The molecule has 1 nitrogen and oxygen atoms in total. The number of halogens is 3. The van der Waals surface area contributed by atoms with E-state index in [0.717, 1.165) is 17.2 Å². The fourth-order valence-electron chi connectivity index (χ4n) is 2.18. The topological polar surface area (TPSA) is 26.0 Å². The molecule has 0 aliphatic carbocycles. The first-order valence-corrected chi connectivity index (χ1v) is 6.66. The highest BCUT2D eigenvalue weighted by Crippen LogP contribution is 2.28. The lowest BCUT2D eigenvalue weighted by molar-refractivity contribution is 0.478. The third-order valence-electron chi connectivity index (χ3n) is 3.29. The van der Waals surface area contributed by atoms with Crippen LogP contribution in [0, 0.1) is 18.6 Å². The Kier molecular flexibility index (Phi) is 4.11. The largest absolute Gasteiger partial charge is 0.321 e. The predicted octanol–water partition coefficient (Wildman–Crippen LogP) is 4.34. The van der Waals surface area contributed by atoms with Crippen LogP contribution in [-0.4, -0.2) is 0 Å². The molecule has 0 aliphatic rings. The molecule has 1 unspecified atom stereocenters. The number of benzene rings is 2. The van der Waals surface area contributed by atoms with Crippen molar-refractivity contribution in [1.82, 2.24) is 0 Å². The van der Waals surface area contributed by atoms with Crippen LogP contribution in [0.5, 0.6) is 0 Å². The SMILES string of the molecule is Cc1ccc(CC(C)(N)c2cc(F)cc(F)c2)c(Cl)c1. The Morgan fingerprint density at radius 2 is 1.70 bits per heavy atom. The molecule has 0 radical (unpaired) electrons. The maximum Gasteiger partial charge on any atom is 0.126 e. The van der Waals surface area contributed by atoms with Gasteiger partial charge in [-0.1, -0.05) is 23.7 Å². The van der Waals surface area contributed by atoms with Gasteiger partial charge in [0.25, 0.3) is 0 Å². The van der Waals surface area contributed by atoms with Crippen LogP contribution >= 0.6 is 11.6 Å². The molecule has 0 saturated carbocycles. The lowest BCUT2D eigenvalue weighted by atomic mass is 9.86. The van der Waals surface area contributed by atoms with Gasteiger partial charge in [-0.15, -0.1) is 0 Å². The van der Waals surface area contributed by atoms with Crippen molar-refractivity contribution in [2.24, 2.45) is 5.73 Å². The molecule has 2 aromatic rings. The van der Waals surface area contributed by atoms with E-state index in [0.29, 0.717) is 17.0 Å². The van der Waals surface area contributed by atoms with E-state index in [1.54, 1.807) is 6.92 Å². The molecule has 0 bridgehead atoms. The number of hydrogen-bond acceptors (Lipinski definition) is 1. The minimum atomic E-state index is -0.901. The zero-order valence-electron chi connectivity index (χ0n) is 11.4. The molecule has 0 aliphatic heterocycles. The van der Waals surface area contributed by atoms with Crippen LogP contribution in [0.25, 0.3) is 0 Å². The van der Waals surface area contributed by atoms with Gasteiger partial charge in [-0.25, -0.2) is 8.78 Å². The predicted molar refractivity (Wildman–Crippen MR) is 77.8 cm³/mol. The van der Waals surface area contributed by atoms with E-state index in [9.17, 15) is 8.78 Å². The highest BCUT2D eigenvalue weighted by atomic mass is 35.5. The Balaban J connectivity index is 2.34. The van der Waals surface area contributed by atoms with Crippen molar-refractivity contribution >= 4 is 11.6 Å². The van der Waals surface area contributed by atoms with Crippen molar-refractivity contribution in [2.75, 3.05) is 0 Å². The van der Waals surface area contributed by atoms with Crippen LogP contribution in [0.15, 0.2) is 36.4 Å². The molecule has 4 heteroatoms. The fourth-order valence-corrected chi connectivity index (χ4v) is 2.48. The Hall–Kier alpha value is -1.45. The minimum Gasteiger partial charge on any atom is -0.321 e. The zero-order valence-corrected chi connectivity index (χ0v) is 12.1. The molecular weight excluding hydrogens is 280 g/mol. The summed E-state index contributed by atoms with van der Waals surface area (Å²) in [6.07, 6.45) is 0.398. The van der Waals surface area contributed by atoms with E-state index in [-0.39, 0.29) is 0 Å². The van der Waals surface area contributed by atoms with Crippen LogP contribution in [0.1, 0.15) is 23.6 Å². The van der Waals surface area contributed by atoms with Gasteiger partial charge < -0.3 is 5.73 Å². The highest BCUT2D eigenvalue weighted by molar-refractivity contribution is 6.31. The summed E-state index contributed by atoms with van der Waals surface area (Å²) in [6, 6.07) is 9.01. The maximum atomic E-state index is 13.3. The van der Waals surface area contributed by atoms with Gasteiger partial charge in [0.2, 0.25) is 0 Å². The summed E-state index contributed by atoms with van der Waals surface area (Å²) < 4.78 is 26.6. The molecular formula is C16H16ClF2N. The number of aryl methyl sites for hydroxylation is 1. The molecule has 0 aromatic heterocycles. The monoisotopic (exact) mass is 295 g/mol. The van der Waals surface area contributed by atoms with Gasteiger partial charge in [-0.05, 0) is 55.2 Å². The van der Waals surface area contributed by atoms with Gasteiger partial charge in [-0.3, -0.25) is 0 Å². The molecule has 1 atom stereocenters. The number of rotatable bonds is 3. The van der Waals surface area contributed by atoms with Crippen LogP contribution in [-0.2, 0) is 12.0 Å². The molecule has 20 heavy (non-hydrogen) atoms. The van der Waals surface area contributed by atoms with Gasteiger partial charge in [0, 0.05) is 16.6 Å². The van der Waals surface area contributed by atoms with E-state index in [1.807, 2.05) is 25.1 Å². The van der Waals surface area contributed by atoms with E-state index in [1.165, 1.54) is 12.1 Å². The van der Waals surface area contributed by atoms with Gasteiger partial charge in [0.1, 0.15) is 11.6 Å². The summed E-state index contributed by atoms with van der Waals surface area (Å²) in [5.41, 5.74) is 7.63. The molecule has 0 saturated heterocycles. The van der Waals surface area contributed by atoms with Gasteiger partial charge >= 0.3 is 0 Å². The highest BCUT2D eigenvalue weighted by Gasteiger charge is 2.24.